The van der Waals surface area contributed by atoms with Crippen molar-refractivity contribution in [3.05, 3.63) is 0 Å². The lowest BCUT2D eigenvalue weighted by atomic mass is 10.4. The molecule has 0 spiro atoms. The number of hydrogen-bond acceptors (Lipinski definition) is 6. The normalized spacial score (nSPS) is 12.3. The van der Waals surface area contributed by atoms with Crippen molar-refractivity contribution in [2.45, 2.75) is 39.9 Å². The summed E-state index contributed by atoms with van der Waals surface area (Å²) in [6, 6.07) is 0. The van der Waals surface area contributed by atoms with Gasteiger partial charge < -0.3 is 27.2 Å². The Kier molecular flexibility index (Phi) is 11.8. The van der Waals surface area contributed by atoms with Crippen molar-refractivity contribution in [1.82, 2.24) is 0 Å². The fourth-order valence-corrected chi connectivity index (χ4v) is 3.29. The lowest BCUT2D eigenvalue weighted by molar-refractivity contribution is -0.143. The maximum Gasteiger partial charge on any atom is 0.679 e. The Morgan fingerprint density at radius 1 is 0.842 bits per heavy atom. The lowest BCUT2D eigenvalue weighted by Crippen LogP contribution is -2.51. The van der Waals surface area contributed by atoms with Crippen molar-refractivity contribution in [1.29, 1.82) is 0 Å². The summed E-state index contributed by atoms with van der Waals surface area (Å²) >= 11 is 0. The third-order valence-corrected chi connectivity index (χ3v) is 4.70. The second kappa shape index (κ2) is 11.8. The molecule has 0 atom stereocenters. The summed E-state index contributed by atoms with van der Waals surface area (Å²) in [5.41, 5.74) is 0. The Morgan fingerprint density at radius 2 is 1.42 bits per heavy atom. The van der Waals surface area contributed by atoms with E-state index < -0.39 is 15.3 Å². The van der Waals surface area contributed by atoms with Crippen LogP contribution in [0.3, 0.4) is 0 Å². The minimum Gasteiger partial charge on any atom is -0.354 e. The van der Waals surface area contributed by atoms with Crippen LogP contribution in [0.25, 0.3) is 0 Å². The summed E-state index contributed by atoms with van der Waals surface area (Å²) < 4.78 is 32.9. The van der Waals surface area contributed by atoms with E-state index in [1.807, 2.05) is 13.8 Å². The summed E-state index contributed by atoms with van der Waals surface area (Å²) in [7, 11) is 0.0232. The Hall–Kier alpha value is -0.0231. The highest BCUT2D eigenvalue weighted by atomic mass is 28.4. The van der Waals surface area contributed by atoms with Gasteiger partial charge in [-0.05, 0) is 20.3 Å². The van der Waals surface area contributed by atoms with Gasteiger partial charge in [-0.1, -0.05) is 13.3 Å². The fourth-order valence-electron chi connectivity index (χ4n) is 1.35. The van der Waals surface area contributed by atoms with E-state index in [4.69, 9.17) is 27.2 Å². The Labute approximate surface area is 117 Å². The van der Waals surface area contributed by atoms with Crippen LogP contribution in [0.4, 0.5) is 0 Å². The smallest absolute Gasteiger partial charge is 0.354 e. The zero-order valence-corrected chi connectivity index (χ0v) is 13.8. The van der Waals surface area contributed by atoms with E-state index in [1.54, 1.807) is 14.2 Å². The van der Waals surface area contributed by atoms with Crippen LogP contribution >= 0.6 is 0 Å². The van der Waals surface area contributed by atoms with Gasteiger partial charge in [-0.25, -0.2) is 0 Å². The van der Waals surface area contributed by atoms with Crippen molar-refractivity contribution in [2.24, 2.45) is 0 Å². The average molecular weight is 296 g/mol. The zero-order valence-electron chi connectivity index (χ0n) is 12.8. The van der Waals surface area contributed by atoms with Gasteiger partial charge in [-0.2, -0.15) is 0 Å². The van der Waals surface area contributed by atoms with Gasteiger partial charge in [-0.3, -0.25) is 0 Å². The molecule has 0 saturated carbocycles. The maximum absolute atomic E-state index is 5.75. The third-order valence-electron chi connectivity index (χ3n) is 2.34. The van der Waals surface area contributed by atoms with Crippen molar-refractivity contribution < 1.29 is 27.2 Å². The van der Waals surface area contributed by atoms with Gasteiger partial charge in [0.15, 0.2) is 6.29 Å². The van der Waals surface area contributed by atoms with E-state index in [0.717, 1.165) is 12.8 Å². The molecule has 0 bridgehead atoms. The number of methoxy groups -OCH3 is 2. The molecular formula is C12H28O6Si. The molecule has 0 radical (unpaired) electrons. The highest BCUT2D eigenvalue weighted by Crippen LogP contribution is 2.14. The summed E-state index contributed by atoms with van der Waals surface area (Å²) in [5, 5.41) is 0. The van der Waals surface area contributed by atoms with Crippen LogP contribution in [0.1, 0.15) is 33.6 Å². The second-order valence-electron chi connectivity index (χ2n) is 3.78. The average Bonchev–Trinajstić information content (AvgIpc) is 2.41. The van der Waals surface area contributed by atoms with Crippen molar-refractivity contribution >= 4 is 9.05 Å². The molecule has 0 saturated heterocycles. The molecular weight excluding hydrogens is 268 g/mol. The fraction of sp³-hybridized carbons (Fsp3) is 1.00. The molecule has 116 valence electrons. The van der Waals surface area contributed by atoms with E-state index in [1.165, 1.54) is 0 Å². The van der Waals surface area contributed by atoms with E-state index in [9.17, 15) is 0 Å². The number of hydrogen-bond donors (Lipinski definition) is 0. The summed E-state index contributed by atoms with van der Waals surface area (Å²) in [6.45, 7) is 7.60. The molecule has 0 aliphatic rings. The Balaban J connectivity index is 4.49. The van der Waals surface area contributed by atoms with Gasteiger partial charge in [-0.15, -0.1) is 0 Å². The van der Waals surface area contributed by atoms with Gasteiger partial charge in [0, 0.05) is 34.0 Å². The van der Waals surface area contributed by atoms with Crippen LogP contribution < -0.4 is 0 Å². The van der Waals surface area contributed by atoms with Gasteiger partial charge in [0.2, 0.25) is 0 Å². The summed E-state index contributed by atoms with van der Waals surface area (Å²) in [5.74, 6) is 0. The SMILES string of the molecule is CCCCO[Si](OCC)(OCC)OCC(OC)OC. The molecule has 0 aromatic rings. The minimum atomic E-state index is -3.09. The monoisotopic (exact) mass is 296 g/mol. The van der Waals surface area contributed by atoms with E-state index >= 15 is 0 Å². The zero-order chi connectivity index (χ0) is 14.6. The van der Waals surface area contributed by atoms with E-state index in [2.05, 4.69) is 6.92 Å². The molecule has 0 aliphatic carbocycles. The number of rotatable bonds is 13. The van der Waals surface area contributed by atoms with Crippen molar-refractivity contribution in [3.8, 4) is 0 Å². The van der Waals surface area contributed by atoms with Crippen molar-refractivity contribution in [2.75, 3.05) is 40.6 Å². The first kappa shape index (κ1) is 19.0. The van der Waals surface area contributed by atoms with Gasteiger partial charge >= 0.3 is 9.05 Å². The largest absolute Gasteiger partial charge is 0.679 e. The Morgan fingerprint density at radius 3 is 1.84 bits per heavy atom. The quantitative estimate of drug-likeness (QED) is 0.294. The Bertz CT molecular complexity index is 195. The molecule has 0 aromatic heterocycles. The van der Waals surface area contributed by atoms with E-state index in [0.29, 0.717) is 19.8 Å². The summed E-state index contributed by atoms with van der Waals surface area (Å²) in [6.07, 6.45) is 1.53. The molecule has 0 unspecified atom stereocenters. The predicted octanol–water partition coefficient (Wildman–Crippen LogP) is 1.95. The van der Waals surface area contributed by atoms with Crippen LogP contribution in [0, 0.1) is 0 Å². The van der Waals surface area contributed by atoms with E-state index in [-0.39, 0.29) is 6.61 Å². The molecule has 0 rings (SSSR count). The van der Waals surface area contributed by atoms with Crippen LogP contribution in [0.5, 0.6) is 0 Å². The molecule has 0 fully saturated rings. The first-order chi connectivity index (χ1) is 9.17. The molecule has 7 heteroatoms. The molecule has 6 nitrogen and oxygen atoms in total. The molecule has 0 aromatic carbocycles. The predicted molar refractivity (Wildman–Crippen MR) is 73.6 cm³/mol. The summed E-state index contributed by atoms with van der Waals surface area (Å²) in [4.78, 5) is 0. The standard InChI is InChI=1S/C12H28O6Si/c1-6-9-10-17-19(15-7-2,16-8-3)18-11-12(13-4)14-5/h12H,6-11H2,1-5H3. The number of unbranched alkanes of at least 4 members (excludes halogenated alkanes) is 1. The molecule has 0 N–H and O–H groups in total. The lowest BCUT2D eigenvalue weighted by Gasteiger charge is -2.28. The highest BCUT2D eigenvalue weighted by Gasteiger charge is 2.45. The minimum absolute atomic E-state index is 0.214. The topological polar surface area (TPSA) is 55.4 Å². The first-order valence-electron chi connectivity index (χ1n) is 6.79. The second-order valence-corrected chi connectivity index (χ2v) is 5.93. The highest BCUT2D eigenvalue weighted by molar-refractivity contribution is 6.53. The number of ether oxygens (including phenoxy) is 2. The first-order valence-corrected chi connectivity index (χ1v) is 8.42. The van der Waals surface area contributed by atoms with Crippen LogP contribution in [0.2, 0.25) is 0 Å². The molecule has 0 amide bonds. The van der Waals surface area contributed by atoms with Gasteiger partial charge in [0.25, 0.3) is 0 Å². The van der Waals surface area contributed by atoms with Crippen LogP contribution in [-0.4, -0.2) is 56.0 Å². The van der Waals surface area contributed by atoms with Crippen LogP contribution in [0.15, 0.2) is 0 Å². The van der Waals surface area contributed by atoms with Crippen molar-refractivity contribution in [3.63, 3.8) is 0 Å². The van der Waals surface area contributed by atoms with Gasteiger partial charge in [0.05, 0.1) is 6.61 Å². The molecule has 0 aliphatic heterocycles. The third kappa shape index (κ3) is 7.98. The molecule has 19 heavy (non-hydrogen) atoms. The molecule has 0 heterocycles. The maximum atomic E-state index is 5.75. The van der Waals surface area contributed by atoms with Gasteiger partial charge in [0.1, 0.15) is 0 Å². The van der Waals surface area contributed by atoms with Crippen LogP contribution in [-0.2, 0) is 27.2 Å².